The summed E-state index contributed by atoms with van der Waals surface area (Å²) in [6, 6.07) is 12.4. The van der Waals surface area contributed by atoms with Gasteiger partial charge in [0.05, 0.1) is 5.69 Å². The van der Waals surface area contributed by atoms with Gasteiger partial charge in [0.25, 0.3) is 5.91 Å². The van der Waals surface area contributed by atoms with Crippen LogP contribution in [0.25, 0.3) is 10.7 Å². The maximum atomic E-state index is 12.3. The zero-order valence-corrected chi connectivity index (χ0v) is 13.1. The summed E-state index contributed by atoms with van der Waals surface area (Å²) in [5.41, 5.74) is 2.17. The van der Waals surface area contributed by atoms with Crippen LogP contribution in [0.4, 0.5) is 5.69 Å². The summed E-state index contributed by atoms with van der Waals surface area (Å²) < 4.78 is 0. The number of ketones is 1. The Hall–Kier alpha value is -2.86. The Kier molecular flexibility index (Phi) is 4.25. The first kappa shape index (κ1) is 15.1. The molecule has 0 spiro atoms. The normalized spacial score (nSPS) is 10.3. The number of amides is 1. The number of nitrogens with one attached hydrogen (secondary N) is 1. The molecule has 0 saturated carbocycles. The van der Waals surface area contributed by atoms with Crippen LogP contribution in [0, 0.1) is 0 Å². The van der Waals surface area contributed by atoms with Gasteiger partial charge < -0.3 is 5.32 Å². The second-order valence-electron chi connectivity index (χ2n) is 4.84. The summed E-state index contributed by atoms with van der Waals surface area (Å²) in [5.74, 6) is -0.365. The Morgan fingerprint density at radius 2 is 2.00 bits per heavy atom. The maximum Gasteiger partial charge on any atom is 0.275 e. The first-order valence-electron chi connectivity index (χ1n) is 6.93. The molecule has 3 aromatic rings. The second kappa shape index (κ2) is 6.50. The topological polar surface area (TPSA) is 72.0 Å². The fourth-order valence-corrected chi connectivity index (χ4v) is 2.77. The standard InChI is InChI=1S/C17H13N3O2S/c1-11(21)12-5-4-6-13(9-12)19-16(22)15-10-23-17(20-15)14-7-2-3-8-18-14/h2-10H,1H3,(H,19,22). The Morgan fingerprint density at radius 1 is 1.13 bits per heavy atom. The molecular weight excluding hydrogens is 310 g/mol. The fourth-order valence-electron chi connectivity index (χ4n) is 2.00. The van der Waals surface area contributed by atoms with Crippen LogP contribution in [0.15, 0.2) is 54.0 Å². The van der Waals surface area contributed by atoms with Crippen molar-refractivity contribution in [3.8, 4) is 10.7 Å². The lowest BCUT2D eigenvalue weighted by Crippen LogP contribution is -2.12. The van der Waals surface area contributed by atoms with Crippen molar-refractivity contribution in [2.75, 3.05) is 5.32 Å². The van der Waals surface area contributed by atoms with Crippen LogP contribution in [0.1, 0.15) is 27.8 Å². The summed E-state index contributed by atoms with van der Waals surface area (Å²) in [4.78, 5) is 32.2. The van der Waals surface area contributed by atoms with Gasteiger partial charge in [-0.1, -0.05) is 18.2 Å². The highest BCUT2D eigenvalue weighted by Gasteiger charge is 2.13. The van der Waals surface area contributed by atoms with E-state index in [9.17, 15) is 9.59 Å². The van der Waals surface area contributed by atoms with E-state index in [0.29, 0.717) is 22.0 Å². The smallest absolute Gasteiger partial charge is 0.275 e. The number of thiazole rings is 1. The van der Waals surface area contributed by atoms with E-state index in [1.807, 2.05) is 18.2 Å². The van der Waals surface area contributed by atoms with Crippen LogP contribution < -0.4 is 5.32 Å². The van der Waals surface area contributed by atoms with E-state index in [4.69, 9.17) is 0 Å². The Labute approximate surface area is 137 Å². The monoisotopic (exact) mass is 323 g/mol. The van der Waals surface area contributed by atoms with E-state index < -0.39 is 0 Å². The molecule has 2 heterocycles. The summed E-state index contributed by atoms with van der Waals surface area (Å²) in [5, 5.41) is 5.13. The molecule has 2 aromatic heterocycles. The lowest BCUT2D eigenvalue weighted by Gasteiger charge is -2.04. The lowest BCUT2D eigenvalue weighted by molar-refractivity contribution is 0.100. The molecule has 0 unspecified atom stereocenters. The van der Waals surface area contributed by atoms with Gasteiger partial charge in [-0.25, -0.2) is 4.98 Å². The van der Waals surface area contributed by atoms with Crippen molar-refractivity contribution in [3.63, 3.8) is 0 Å². The molecule has 0 radical (unpaired) electrons. The van der Waals surface area contributed by atoms with Crippen LogP contribution in [-0.4, -0.2) is 21.7 Å². The van der Waals surface area contributed by atoms with Crippen molar-refractivity contribution in [3.05, 3.63) is 65.3 Å². The van der Waals surface area contributed by atoms with E-state index in [-0.39, 0.29) is 11.7 Å². The van der Waals surface area contributed by atoms with E-state index in [0.717, 1.165) is 5.69 Å². The molecule has 0 saturated heterocycles. The Morgan fingerprint density at radius 3 is 2.74 bits per heavy atom. The highest BCUT2D eigenvalue weighted by atomic mass is 32.1. The number of aromatic nitrogens is 2. The van der Waals surface area contributed by atoms with Gasteiger partial charge in [-0.2, -0.15) is 0 Å². The molecular formula is C17H13N3O2S. The third kappa shape index (κ3) is 3.49. The summed E-state index contributed by atoms with van der Waals surface area (Å²) >= 11 is 1.36. The molecule has 0 fully saturated rings. The molecule has 5 nitrogen and oxygen atoms in total. The van der Waals surface area contributed by atoms with Gasteiger partial charge in [-0.05, 0) is 31.2 Å². The number of Topliss-reactive ketones (excluding diaryl/α,β-unsaturated/α-hetero) is 1. The molecule has 23 heavy (non-hydrogen) atoms. The van der Waals surface area contributed by atoms with E-state index in [1.165, 1.54) is 18.3 Å². The van der Waals surface area contributed by atoms with Gasteiger partial charge in [0, 0.05) is 22.8 Å². The van der Waals surface area contributed by atoms with Crippen LogP contribution >= 0.6 is 11.3 Å². The van der Waals surface area contributed by atoms with Gasteiger partial charge in [-0.15, -0.1) is 11.3 Å². The van der Waals surface area contributed by atoms with Gasteiger partial charge >= 0.3 is 0 Å². The minimum atomic E-state index is -0.316. The summed E-state index contributed by atoms with van der Waals surface area (Å²) in [6.45, 7) is 1.49. The molecule has 0 aliphatic heterocycles. The van der Waals surface area contributed by atoms with Crippen molar-refractivity contribution in [1.82, 2.24) is 9.97 Å². The molecule has 1 amide bonds. The van der Waals surface area contributed by atoms with Gasteiger partial charge in [0.1, 0.15) is 10.7 Å². The van der Waals surface area contributed by atoms with Gasteiger partial charge in [-0.3, -0.25) is 14.6 Å². The number of carbonyl (C=O) groups is 2. The average molecular weight is 323 g/mol. The zero-order chi connectivity index (χ0) is 16.2. The van der Waals surface area contributed by atoms with Crippen molar-refractivity contribution >= 4 is 28.7 Å². The molecule has 3 rings (SSSR count). The fraction of sp³-hybridized carbons (Fsp3) is 0.0588. The van der Waals surface area contributed by atoms with Gasteiger partial charge in [0.15, 0.2) is 5.78 Å². The number of carbonyl (C=O) groups excluding carboxylic acids is 2. The van der Waals surface area contributed by atoms with Crippen LogP contribution in [0.2, 0.25) is 0 Å². The van der Waals surface area contributed by atoms with E-state index in [2.05, 4.69) is 15.3 Å². The number of benzene rings is 1. The number of nitrogens with zero attached hydrogens (tertiary/aromatic N) is 2. The molecule has 0 aliphatic rings. The van der Waals surface area contributed by atoms with Crippen LogP contribution in [0.3, 0.4) is 0 Å². The van der Waals surface area contributed by atoms with Crippen molar-refractivity contribution in [2.45, 2.75) is 6.92 Å². The van der Waals surface area contributed by atoms with E-state index >= 15 is 0 Å². The summed E-state index contributed by atoms with van der Waals surface area (Å²) in [6.07, 6.45) is 1.68. The first-order valence-corrected chi connectivity index (χ1v) is 7.81. The van der Waals surface area contributed by atoms with E-state index in [1.54, 1.807) is 35.8 Å². The summed E-state index contributed by atoms with van der Waals surface area (Å²) in [7, 11) is 0. The molecule has 1 N–H and O–H groups in total. The largest absolute Gasteiger partial charge is 0.321 e. The van der Waals surface area contributed by atoms with Crippen molar-refractivity contribution in [1.29, 1.82) is 0 Å². The third-order valence-electron chi connectivity index (χ3n) is 3.15. The van der Waals surface area contributed by atoms with Gasteiger partial charge in [0.2, 0.25) is 0 Å². The predicted octanol–water partition coefficient (Wildman–Crippen LogP) is 3.66. The SMILES string of the molecule is CC(=O)c1cccc(NC(=O)c2csc(-c3ccccn3)n2)c1. The molecule has 6 heteroatoms. The van der Waals surface area contributed by atoms with Crippen molar-refractivity contribution < 1.29 is 9.59 Å². The first-order chi connectivity index (χ1) is 11.1. The highest BCUT2D eigenvalue weighted by molar-refractivity contribution is 7.13. The number of hydrogen-bond donors (Lipinski definition) is 1. The minimum absolute atomic E-state index is 0.0489. The Balaban J connectivity index is 1.78. The quantitative estimate of drug-likeness (QED) is 0.744. The molecule has 0 atom stereocenters. The van der Waals surface area contributed by atoms with Crippen LogP contribution in [0.5, 0.6) is 0 Å². The molecule has 0 aliphatic carbocycles. The Bertz CT molecular complexity index is 859. The number of anilines is 1. The third-order valence-corrected chi connectivity index (χ3v) is 4.01. The molecule has 1 aromatic carbocycles. The molecule has 0 bridgehead atoms. The second-order valence-corrected chi connectivity index (χ2v) is 5.70. The number of rotatable bonds is 4. The lowest BCUT2D eigenvalue weighted by atomic mass is 10.1. The van der Waals surface area contributed by atoms with Crippen LogP contribution in [-0.2, 0) is 0 Å². The van der Waals surface area contributed by atoms with Crippen molar-refractivity contribution in [2.24, 2.45) is 0 Å². The average Bonchev–Trinajstić information content (AvgIpc) is 3.06. The highest BCUT2D eigenvalue weighted by Crippen LogP contribution is 2.22. The predicted molar refractivity (Wildman–Crippen MR) is 89.7 cm³/mol. The number of hydrogen-bond acceptors (Lipinski definition) is 5. The maximum absolute atomic E-state index is 12.3. The number of pyridine rings is 1. The molecule has 114 valence electrons. The zero-order valence-electron chi connectivity index (χ0n) is 12.3. The minimum Gasteiger partial charge on any atom is -0.321 e.